The van der Waals surface area contributed by atoms with Gasteiger partial charge in [0.2, 0.25) is 5.89 Å². The maximum atomic E-state index is 13.6. The molecule has 0 saturated carbocycles. The molecule has 0 radical (unpaired) electrons. The van der Waals surface area contributed by atoms with Crippen LogP contribution in [0.3, 0.4) is 0 Å². The molecule has 1 saturated heterocycles. The van der Waals surface area contributed by atoms with E-state index in [1.165, 1.54) is 6.26 Å². The monoisotopic (exact) mass is 455 g/mol. The van der Waals surface area contributed by atoms with Gasteiger partial charge in [0.15, 0.2) is 11.8 Å². The first kappa shape index (κ1) is 22.6. The molecule has 172 valence electrons. The summed E-state index contributed by atoms with van der Waals surface area (Å²) in [5.74, 6) is -3.79. The minimum absolute atomic E-state index is 0.0195. The first-order valence-corrected chi connectivity index (χ1v) is 10.5. The fourth-order valence-electron chi connectivity index (χ4n) is 3.64. The van der Waals surface area contributed by atoms with E-state index in [0.717, 1.165) is 10.5 Å². The molecule has 7 nitrogen and oxygen atoms in total. The number of alkyl halides is 2. The molecular weight excluding hydrogens is 432 g/mol. The Hall–Kier alpha value is -3.59. The highest BCUT2D eigenvalue weighted by molar-refractivity contribution is 5.92. The van der Waals surface area contributed by atoms with Gasteiger partial charge in [-0.3, -0.25) is 9.59 Å². The summed E-state index contributed by atoms with van der Waals surface area (Å²) in [6, 6.07) is 15.6. The molecule has 0 aliphatic carbocycles. The van der Waals surface area contributed by atoms with Gasteiger partial charge in [-0.25, -0.2) is 13.8 Å². The van der Waals surface area contributed by atoms with Crippen molar-refractivity contribution in [1.29, 1.82) is 0 Å². The molecule has 1 atom stereocenters. The summed E-state index contributed by atoms with van der Waals surface area (Å²) in [5, 5.41) is 12.8. The Balaban J connectivity index is 1.35. The summed E-state index contributed by atoms with van der Waals surface area (Å²) >= 11 is 0. The number of oxazole rings is 1. The van der Waals surface area contributed by atoms with Crippen LogP contribution in [0.2, 0.25) is 0 Å². The molecule has 2 N–H and O–H groups in total. The third-order valence-electron chi connectivity index (χ3n) is 5.43. The molecule has 2 aromatic carbocycles. The second kappa shape index (κ2) is 9.50. The van der Waals surface area contributed by atoms with E-state index in [-0.39, 0.29) is 37.5 Å². The normalized spacial score (nSPS) is 16.3. The largest absolute Gasteiger partial charge is 0.444 e. The number of aliphatic hydroxyl groups excluding tert-OH is 1. The van der Waals surface area contributed by atoms with Gasteiger partial charge in [-0.2, -0.15) is 0 Å². The fraction of sp³-hybridized carbons (Fsp3) is 0.292. The van der Waals surface area contributed by atoms with Crippen molar-refractivity contribution >= 4 is 11.8 Å². The lowest BCUT2D eigenvalue weighted by Gasteiger charge is -2.31. The zero-order valence-electron chi connectivity index (χ0n) is 17.7. The predicted octanol–water partition coefficient (Wildman–Crippen LogP) is 3.56. The third-order valence-corrected chi connectivity index (χ3v) is 5.43. The van der Waals surface area contributed by atoms with Crippen molar-refractivity contribution in [3.63, 3.8) is 0 Å². The summed E-state index contributed by atoms with van der Waals surface area (Å²) < 4.78 is 32.6. The van der Waals surface area contributed by atoms with E-state index in [1.807, 2.05) is 0 Å². The van der Waals surface area contributed by atoms with Gasteiger partial charge in [0.05, 0.1) is 6.54 Å². The van der Waals surface area contributed by atoms with Crippen LogP contribution >= 0.6 is 0 Å². The van der Waals surface area contributed by atoms with Crippen LogP contribution in [0.1, 0.15) is 40.6 Å². The molecule has 4 rings (SSSR count). The van der Waals surface area contributed by atoms with E-state index >= 15 is 0 Å². The van der Waals surface area contributed by atoms with Gasteiger partial charge in [-0.1, -0.05) is 42.5 Å². The van der Waals surface area contributed by atoms with Crippen LogP contribution < -0.4 is 5.32 Å². The number of rotatable bonds is 6. The molecule has 0 spiro atoms. The van der Waals surface area contributed by atoms with Crippen LogP contribution in [0, 0.1) is 0 Å². The topological polar surface area (TPSA) is 95.7 Å². The Morgan fingerprint density at radius 3 is 2.58 bits per heavy atom. The number of hydrogen-bond acceptors (Lipinski definition) is 5. The first-order chi connectivity index (χ1) is 15.8. The Kier molecular flexibility index (Phi) is 6.50. The summed E-state index contributed by atoms with van der Waals surface area (Å²) in [4.78, 5) is 29.9. The number of nitrogens with zero attached hydrogens (tertiary/aromatic N) is 2. The number of benzene rings is 2. The minimum Gasteiger partial charge on any atom is -0.444 e. The van der Waals surface area contributed by atoms with E-state index in [0.29, 0.717) is 11.1 Å². The molecule has 1 aromatic heterocycles. The zero-order valence-corrected chi connectivity index (χ0v) is 17.7. The number of aliphatic hydroxyl groups is 1. The highest BCUT2D eigenvalue weighted by atomic mass is 19.3. The van der Waals surface area contributed by atoms with Gasteiger partial charge in [0.1, 0.15) is 6.26 Å². The molecule has 33 heavy (non-hydrogen) atoms. The standard InChI is InChI=1S/C24H23F2N3O4/c25-24(26)11-4-12-29(15-24)23(32)19-14-33-22(28-19)18-9-7-16(8-10-18)13-27-21(31)20(30)17-5-2-1-3-6-17/h1-3,5-10,14,20,30H,4,11-13,15H2,(H,27,31). The number of piperidine rings is 1. The van der Waals surface area contributed by atoms with Gasteiger partial charge >= 0.3 is 0 Å². The van der Waals surface area contributed by atoms with Crippen LogP contribution in [-0.2, 0) is 11.3 Å². The highest BCUT2D eigenvalue weighted by Crippen LogP contribution is 2.28. The van der Waals surface area contributed by atoms with Gasteiger partial charge in [0, 0.05) is 25.1 Å². The van der Waals surface area contributed by atoms with E-state index in [2.05, 4.69) is 10.3 Å². The van der Waals surface area contributed by atoms with Gasteiger partial charge in [-0.15, -0.1) is 0 Å². The molecule has 1 aliphatic rings. The van der Waals surface area contributed by atoms with Crippen LogP contribution in [0.25, 0.3) is 11.5 Å². The highest BCUT2D eigenvalue weighted by Gasteiger charge is 2.38. The van der Waals surface area contributed by atoms with E-state index in [9.17, 15) is 23.5 Å². The Bertz CT molecular complexity index is 1120. The first-order valence-electron chi connectivity index (χ1n) is 10.5. The molecule has 3 aromatic rings. The van der Waals surface area contributed by atoms with Crippen molar-refractivity contribution in [3.8, 4) is 11.5 Å². The van der Waals surface area contributed by atoms with E-state index in [1.54, 1.807) is 54.6 Å². The summed E-state index contributed by atoms with van der Waals surface area (Å²) in [6.45, 7) is -0.148. The van der Waals surface area contributed by atoms with Gasteiger partial charge < -0.3 is 19.7 Å². The maximum Gasteiger partial charge on any atom is 0.276 e. The third kappa shape index (κ3) is 5.43. The Morgan fingerprint density at radius 1 is 1.15 bits per heavy atom. The molecule has 2 heterocycles. The molecule has 1 aliphatic heterocycles. The molecule has 1 fully saturated rings. The van der Waals surface area contributed by atoms with Gasteiger partial charge in [0.25, 0.3) is 17.7 Å². The second-order valence-corrected chi connectivity index (χ2v) is 7.95. The van der Waals surface area contributed by atoms with Gasteiger partial charge in [-0.05, 0) is 29.7 Å². The zero-order chi connectivity index (χ0) is 23.4. The quantitative estimate of drug-likeness (QED) is 0.593. The summed E-state index contributed by atoms with van der Waals surface area (Å²) in [7, 11) is 0. The number of hydrogen-bond donors (Lipinski definition) is 2. The average molecular weight is 455 g/mol. The number of likely N-dealkylation sites (tertiary alicyclic amines) is 1. The number of amides is 2. The smallest absolute Gasteiger partial charge is 0.276 e. The second-order valence-electron chi connectivity index (χ2n) is 7.95. The van der Waals surface area contributed by atoms with E-state index < -0.39 is 30.4 Å². The van der Waals surface area contributed by atoms with Crippen molar-refractivity contribution < 1.29 is 27.9 Å². The van der Waals surface area contributed by atoms with E-state index in [4.69, 9.17) is 4.42 Å². The number of aromatic nitrogens is 1. The van der Waals surface area contributed by atoms with Crippen LogP contribution in [0.4, 0.5) is 8.78 Å². The summed E-state index contributed by atoms with van der Waals surface area (Å²) in [6.07, 6.45) is -0.0692. The average Bonchev–Trinajstić information content (AvgIpc) is 3.32. The SMILES string of the molecule is O=C(NCc1ccc(-c2nc(C(=O)N3CCCC(F)(F)C3)co2)cc1)C(O)c1ccccc1. The maximum absolute atomic E-state index is 13.6. The number of carbonyl (C=O) groups excluding carboxylic acids is 2. The van der Waals surface area contributed by atoms with Crippen molar-refractivity contribution in [3.05, 3.63) is 77.7 Å². The van der Waals surface area contributed by atoms with Crippen molar-refractivity contribution in [1.82, 2.24) is 15.2 Å². The molecule has 2 amide bonds. The minimum atomic E-state index is -2.89. The fourth-order valence-corrected chi connectivity index (χ4v) is 3.64. The molecule has 9 heteroatoms. The lowest BCUT2D eigenvalue weighted by atomic mass is 10.1. The number of halogens is 2. The molecule has 1 unspecified atom stereocenters. The Labute approximate surface area is 189 Å². The van der Waals surface area contributed by atoms with Crippen LogP contribution in [0.5, 0.6) is 0 Å². The van der Waals surface area contributed by atoms with Crippen molar-refractivity contribution in [2.24, 2.45) is 0 Å². The number of carbonyl (C=O) groups is 2. The Morgan fingerprint density at radius 2 is 1.88 bits per heavy atom. The molecule has 0 bridgehead atoms. The predicted molar refractivity (Wildman–Crippen MR) is 115 cm³/mol. The van der Waals surface area contributed by atoms with Crippen LogP contribution in [-0.4, -0.2) is 45.8 Å². The van der Waals surface area contributed by atoms with Crippen molar-refractivity contribution in [2.45, 2.75) is 31.4 Å². The van der Waals surface area contributed by atoms with Crippen molar-refractivity contribution in [2.75, 3.05) is 13.1 Å². The van der Waals surface area contributed by atoms with Crippen LogP contribution in [0.15, 0.2) is 65.3 Å². The lowest BCUT2D eigenvalue weighted by molar-refractivity contribution is -0.129. The lowest BCUT2D eigenvalue weighted by Crippen LogP contribution is -2.45. The number of nitrogens with one attached hydrogen (secondary N) is 1. The summed E-state index contributed by atoms with van der Waals surface area (Å²) in [5.41, 5.74) is 1.87. The molecular formula is C24H23F2N3O4.